The Bertz CT molecular complexity index is 600. The first-order chi connectivity index (χ1) is 8.74. The first kappa shape index (κ1) is 14.5. The zero-order valence-electron chi connectivity index (χ0n) is 10.0. The van der Waals surface area contributed by atoms with Gasteiger partial charge in [0.1, 0.15) is 5.82 Å². The highest BCUT2D eigenvalue weighted by molar-refractivity contribution is 8.13. The van der Waals surface area contributed by atoms with Gasteiger partial charge in [0.15, 0.2) is 0 Å². The molecule has 2 heterocycles. The van der Waals surface area contributed by atoms with Gasteiger partial charge in [0.2, 0.25) is 20.2 Å². The normalized spacial score (nSPS) is 20.1. The Balaban J connectivity index is 2.20. The predicted molar refractivity (Wildman–Crippen MR) is 71.9 cm³/mol. The molecule has 1 aliphatic rings. The number of carbonyl (C=O) groups excluding carboxylic acids is 1. The van der Waals surface area contributed by atoms with Crippen molar-refractivity contribution in [2.45, 2.75) is 13.3 Å². The van der Waals surface area contributed by atoms with Crippen molar-refractivity contribution >= 4 is 43.1 Å². The Morgan fingerprint density at radius 3 is 2.74 bits per heavy atom. The second-order valence-electron chi connectivity index (χ2n) is 4.42. The lowest BCUT2D eigenvalue weighted by Crippen LogP contribution is -2.26. The molecule has 1 unspecified atom stereocenters. The lowest BCUT2D eigenvalue weighted by Gasteiger charge is -2.15. The Hall–Kier alpha value is -0.920. The molecule has 0 saturated carbocycles. The topological polar surface area (TPSA) is 80.2 Å². The summed E-state index contributed by atoms with van der Waals surface area (Å²) in [6, 6.07) is 1.63. The molecule has 0 bridgehead atoms. The second-order valence-corrected chi connectivity index (χ2v) is 7.58. The molecule has 6 nitrogen and oxygen atoms in total. The molecule has 19 heavy (non-hydrogen) atoms. The largest absolute Gasteiger partial charge is 0.296 e. The van der Waals surface area contributed by atoms with E-state index in [4.69, 9.17) is 22.3 Å². The van der Waals surface area contributed by atoms with E-state index in [9.17, 15) is 13.2 Å². The summed E-state index contributed by atoms with van der Waals surface area (Å²) in [5.74, 6) is -0.366. The summed E-state index contributed by atoms with van der Waals surface area (Å²) in [6.07, 6.45) is 0.132. The fraction of sp³-hybridized carbons (Fsp3) is 0.500. The fourth-order valence-corrected chi connectivity index (χ4v) is 3.59. The van der Waals surface area contributed by atoms with Crippen molar-refractivity contribution in [1.29, 1.82) is 0 Å². The van der Waals surface area contributed by atoms with Crippen LogP contribution in [-0.2, 0) is 13.8 Å². The number of hydrogen-bond acceptors (Lipinski definition) is 5. The van der Waals surface area contributed by atoms with Crippen LogP contribution in [0.5, 0.6) is 0 Å². The molecular formula is C10H11Cl2N3O3S. The zero-order valence-corrected chi connectivity index (χ0v) is 12.3. The predicted octanol–water partition coefficient (Wildman–Crippen LogP) is 1.36. The number of carbonyl (C=O) groups is 1. The standard InChI is InChI=1S/C10H11Cl2N3O3S/c1-6-2-8(14-10(11)13-6)15-4-7(3-9(15)16)5-19(12,17)18/h2,7H,3-5H2,1H3. The van der Waals surface area contributed by atoms with Gasteiger partial charge in [0, 0.05) is 41.3 Å². The molecule has 9 heteroatoms. The minimum Gasteiger partial charge on any atom is -0.296 e. The highest BCUT2D eigenvalue weighted by atomic mass is 35.7. The number of hydrogen-bond donors (Lipinski definition) is 0. The molecule has 0 aromatic carbocycles. The molecule has 0 radical (unpaired) electrons. The van der Waals surface area contributed by atoms with E-state index in [2.05, 4.69) is 9.97 Å². The molecule has 1 saturated heterocycles. The van der Waals surface area contributed by atoms with Gasteiger partial charge in [-0.1, -0.05) is 0 Å². The highest BCUT2D eigenvalue weighted by Gasteiger charge is 2.34. The van der Waals surface area contributed by atoms with Crippen molar-refractivity contribution in [3.8, 4) is 0 Å². The number of anilines is 1. The summed E-state index contributed by atoms with van der Waals surface area (Å²) in [5, 5.41) is 0.0521. The van der Waals surface area contributed by atoms with Crippen molar-refractivity contribution < 1.29 is 13.2 Å². The molecular weight excluding hydrogens is 313 g/mol. The van der Waals surface area contributed by atoms with Crippen LogP contribution in [0.2, 0.25) is 5.28 Å². The monoisotopic (exact) mass is 323 g/mol. The molecule has 1 atom stereocenters. The van der Waals surface area contributed by atoms with Crippen LogP contribution < -0.4 is 4.90 Å². The average molecular weight is 324 g/mol. The lowest BCUT2D eigenvalue weighted by atomic mass is 10.1. The zero-order chi connectivity index (χ0) is 14.2. The number of rotatable bonds is 3. The summed E-state index contributed by atoms with van der Waals surface area (Å²) in [6.45, 7) is 2.00. The minimum atomic E-state index is -3.62. The maximum Gasteiger partial charge on any atom is 0.232 e. The van der Waals surface area contributed by atoms with Crippen molar-refractivity contribution in [2.24, 2.45) is 5.92 Å². The summed E-state index contributed by atoms with van der Waals surface area (Å²) in [7, 11) is 1.58. The van der Waals surface area contributed by atoms with Crippen LogP contribution in [0.25, 0.3) is 0 Å². The molecule has 1 aromatic heterocycles. The van der Waals surface area contributed by atoms with E-state index in [1.165, 1.54) is 4.90 Å². The van der Waals surface area contributed by atoms with E-state index in [0.29, 0.717) is 11.5 Å². The van der Waals surface area contributed by atoms with Gasteiger partial charge in [-0.3, -0.25) is 9.69 Å². The number of amides is 1. The van der Waals surface area contributed by atoms with Crippen LogP contribution in [0.15, 0.2) is 6.07 Å². The Morgan fingerprint density at radius 2 is 2.16 bits per heavy atom. The molecule has 1 amide bonds. The molecule has 0 N–H and O–H groups in total. The maximum atomic E-state index is 11.9. The summed E-state index contributed by atoms with van der Waals surface area (Å²) >= 11 is 5.74. The summed E-state index contributed by atoms with van der Waals surface area (Å²) in [5.41, 5.74) is 0.635. The molecule has 104 valence electrons. The van der Waals surface area contributed by atoms with Crippen LogP contribution in [0.4, 0.5) is 5.82 Å². The van der Waals surface area contributed by atoms with Gasteiger partial charge in [-0.25, -0.2) is 18.4 Å². The third-order valence-corrected chi connectivity index (χ3v) is 4.15. The SMILES string of the molecule is Cc1cc(N2CC(CS(=O)(=O)Cl)CC2=O)nc(Cl)n1. The molecule has 2 rings (SSSR count). The molecule has 0 spiro atoms. The van der Waals surface area contributed by atoms with Crippen molar-refractivity contribution in [3.05, 3.63) is 17.0 Å². The number of aromatic nitrogens is 2. The van der Waals surface area contributed by atoms with E-state index >= 15 is 0 Å². The van der Waals surface area contributed by atoms with Gasteiger partial charge in [-0.2, -0.15) is 0 Å². The molecule has 0 aliphatic carbocycles. The van der Waals surface area contributed by atoms with Crippen LogP contribution in [0.1, 0.15) is 12.1 Å². The van der Waals surface area contributed by atoms with Crippen LogP contribution in [0.3, 0.4) is 0 Å². The van der Waals surface area contributed by atoms with E-state index in [0.717, 1.165) is 0 Å². The van der Waals surface area contributed by atoms with Gasteiger partial charge >= 0.3 is 0 Å². The number of nitrogens with zero attached hydrogens (tertiary/aromatic N) is 3. The van der Waals surface area contributed by atoms with E-state index in [1.807, 2.05) is 0 Å². The Labute approximate surface area is 120 Å². The quantitative estimate of drug-likeness (QED) is 0.619. The van der Waals surface area contributed by atoms with Gasteiger partial charge in [0.25, 0.3) is 0 Å². The van der Waals surface area contributed by atoms with E-state index in [1.54, 1.807) is 13.0 Å². The van der Waals surface area contributed by atoms with Crippen LogP contribution in [0, 0.1) is 12.8 Å². The van der Waals surface area contributed by atoms with E-state index < -0.39 is 9.05 Å². The van der Waals surface area contributed by atoms with Gasteiger partial charge in [0.05, 0.1) is 5.75 Å². The minimum absolute atomic E-state index is 0.0521. The average Bonchev–Trinajstić information content (AvgIpc) is 2.54. The summed E-state index contributed by atoms with van der Waals surface area (Å²) in [4.78, 5) is 21.2. The summed E-state index contributed by atoms with van der Waals surface area (Å²) < 4.78 is 22.1. The first-order valence-corrected chi connectivity index (χ1v) is 8.34. The second kappa shape index (κ2) is 5.22. The van der Waals surface area contributed by atoms with E-state index in [-0.39, 0.29) is 35.8 Å². The molecule has 1 aromatic rings. The smallest absolute Gasteiger partial charge is 0.232 e. The van der Waals surface area contributed by atoms with Crippen molar-refractivity contribution in [2.75, 3.05) is 17.2 Å². The lowest BCUT2D eigenvalue weighted by molar-refractivity contribution is -0.117. The Kier molecular flexibility index (Phi) is 3.98. The third kappa shape index (κ3) is 3.77. The van der Waals surface area contributed by atoms with Crippen LogP contribution in [-0.4, -0.2) is 36.6 Å². The third-order valence-electron chi connectivity index (χ3n) is 2.73. The first-order valence-electron chi connectivity index (χ1n) is 5.48. The molecule has 1 fully saturated rings. The highest BCUT2D eigenvalue weighted by Crippen LogP contribution is 2.26. The Morgan fingerprint density at radius 1 is 1.47 bits per heavy atom. The van der Waals surface area contributed by atoms with Gasteiger partial charge < -0.3 is 0 Å². The maximum absolute atomic E-state index is 11.9. The van der Waals surface area contributed by atoms with Gasteiger partial charge in [-0.15, -0.1) is 0 Å². The van der Waals surface area contributed by atoms with Crippen molar-refractivity contribution in [3.63, 3.8) is 0 Å². The van der Waals surface area contributed by atoms with Crippen LogP contribution >= 0.6 is 22.3 Å². The van der Waals surface area contributed by atoms with Gasteiger partial charge in [-0.05, 0) is 18.5 Å². The van der Waals surface area contributed by atoms with Crippen molar-refractivity contribution in [1.82, 2.24) is 9.97 Å². The molecule has 1 aliphatic heterocycles. The number of halogens is 2. The number of aryl methyl sites for hydroxylation is 1. The fourth-order valence-electron chi connectivity index (χ4n) is 2.05.